The number of rotatable bonds is 8. The van der Waals surface area contributed by atoms with E-state index in [2.05, 4.69) is 31.1 Å². The third-order valence-corrected chi connectivity index (χ3v) is 7.16. The van der Waals surface area contributed by atoms with Gasteiger partial charge in [-0.25, -0.2) is 14.6 Å². The monoisotopic (exact) mass is 528 g/mol. The Morgan fingerprint density at radius 3 is 2.40 bits per heavy atom. The highest BCUT2D eigenvalue weighted by atomic mass is 16.1. The lowest BCUT2D eigenvalue weighted by atomic mass is 10.1. The van der Waals surface area contributed by atoms with E-state index in [1.165, 1.54) is 36.7 Å². The third-order valence-electron chi connectivity index (χ3n) is 7.16. The maximum Gasteiger partial charge on any atom is 0.267 e. The summed E-state index contributed by atoms with van der Waals surface area (Å²) in [5.74, 6) is 0.610. The van der Waals surface area contributed by atoms with Crippen molar-refractivity contribution in [2.75, 3.05) is 19.6 Å². The quantitative estimate of drug-likeness (QED) is 0.296. The molecule has 6 rings (SSSR count). The summed E-state index contributed by atoms with van der Waals surface area (Å²) in [7, 11) is 0. The minimum Gasteiger partial charge on any atom is -0.301 e. The SMILES string of the molecule is N#Cc1ccc(-c2ccc(=O)n(Cc3cccc(-c4ncc(-c5cnn(CCN6CCCC6)c5)cn4)c3)n2)cc1. The molecule has 1 fully saturated rings. The van der Waals surface area contributed by atoms with Crippen molar-refractivity contribution >= 4 is 0 Å². The molecule has 0 radical (unpaired) electrons. The highest BCUT2D eigenvalue weighted by molar-refractivity contribution is 5.63. The van der Waals surface area contributed by atoms with Crippen molar-refractivity contribution in [1.29, 1.82) is 5.26 Å². The minimum atomic E-state index is -0.190. The van der Waals surface area contributed by atoms with Gasteiger partial charge in [0.25, 0.3) is 5.56 Å². The van der Waals surface area contributed by atoms with Crippen molar-refractivity contribution in [2.24, 2.45) is 0 Å². The van der Waals surface area contributed by atoms with Gasteiger partial charge in [0.05, 0.1) is 36.6 Å². The van der Waals surface area contributed by atoms with E-state index in [0.29, 0.717) is 23.6 Å². The fraction of sp³-hybridized carbons (Fsp3) is 0.226. The Labute approximate surface area is 232 Å². The second-order valence-electron chi connectivity index (χ2n) is 9.94. The maximum atomic E-state index is 12.6. The molecule has 0 aliphatic carbocycles. The summed E-state index contributed by atoms with van der Waals surface area (Å²) in [6.45, 7) is 4.57. The van der Waals surface area contributed by atoms with Crippen LogP contribution in [0.4, 0.5) is 0 Å². The first-order valence-corrected chi connectivity index (χ1v) is 13.4. The van der Waals surface area contributed by atoms with Gasteiger partial charge in [0.2, 0.25) is 0 Å². The van der Waals surface area contributed by atoms with Crippen LogP contribution in [0.15, 0.2) is 90.2 Å². The average Bonchev–Trinajstić information content (AvgIpc) is 3.70. The first kappa shape index (κ1) is 25.3. The molecule has 9 heteroatoms. The zero-order valence-electron chi connectivity index (χ0n) is 22.0. The van der Waals surface area contributed by atoms with Crippen LogP contribution in [0.5, 0.6) is 0 Å². The fourth-order valence-corrected chi connectivity index (χ4v) is 4.92. The van der Waals surface area contributed by atoms with E-state index in [-0.39, 0.29) is 5.56 Å². The van der Waals surface area contributed by atoms with Crippen molar-refractivity contribution in [3.8, 4) is 39.8 Å². The van der Waals surface area contributed by atoms with Crippen molar-refractivity contribution < 1.29 is 0 Å². The molecule has 5 aromatic rings. The van der Waals surface area contributed by atoms with Crippen LogP contribution >= 0.6 is 0 Å². The minimum absolute atomic E-state index is 0.190. The predicted octanol–water partition coefficient (Wildman–Crippen LogP) is 4.25. The van der Waals surface area contributed by atoms with E-state index < -0.39 is 0 Å². The topological polar surface area (TPSA) is 106 Å². The third kappa shape index (κ3) is 5.72. The molecule has 0 N–H and O–H groups in total. The molecule has 1 aliphatic heterocycles. The van der Waals surface area contributed by atoms with Crippen molar-refractivity contribution in [1.82, 2.24) is 34.4 Å². The van der Waals surface area contributed by atoms with Gasteiger partial charge in [0, 0.05) is 53.5 Å². The zero-order chi connectivity index (χ0) is 27.3. The number of benzene rings is 2. The van der Waals surface area contributed by atoms with Crippen molar-refractivity contribution in [3.05, 3.63) is 107 Å². The second kappa shape index (κ2) is 11.4. The number of aromatic nitrogens is 6. The molecule has 198 valence electrons. The Balaban J connectivity index is 1.16. The Morgan fingerprint density at radius 1 is 0.825 bits per heavy atom. The zero-order valence-corrected chi connectivity index (χ0v) is 22.0. The molecular weight excluding hydrogens is 500 g/mol. The van der Waals surface area contributed by atoms with E-state index in [9.17, 15) is 4.79 Å². The summed E-state index contributed by atoms with van der Waals surface area (Å²) in [6.07, 6.45) is 10.1. The van der Waals surface area contributed by atoms with E-state index in [1.54, 1.807) is 18.2 Å². The van der Waals surface area contributed by atoms with Crippen LogP contribution in [0.2, 0.25) is 0 Å². The number of hydrogen-bond donors (Lipinski definition) is 0. The first-order valence-electron chi connectivity index (χ1n) is 13.4. The number of nitriles is 1. The molecule has 0 bridgehead atoms. The van der Waals surface area contributed by atoms with Crippen LogP contribution in [-0.4, -0.2) is 54.1 Å². The lowest BCUT2D eigenvalue weighted by Gasteiger charge is -2.13. The molecule has 1 saturated heterocycles. The van der Waals surface area contributed by atoms with Crippen LogP contribution in [0.3, 0.4) is 0 Å². The highest BCUT2D eigenvalue weighted by Crippen LogP contribution is 2.22. The summed E-state index contributed by atoms with van der Waals surface area (Å²) < 4.78 is 3.43. The van der Waals surface area contributed by atoms with Gasteiger partial charge in [-0.2, -0.15) is 15.5 Å². The Morgan fingerprint density at radius 2 is 1.62 bits per heavy atom. The molecule has 3 aromatic heterocycles. The molecule has 4 heterocycles. The van der Waals surface area contributed by atoms with Gasteiger partial charge < -0.3 is 4.90 Å². The van der Waals surface area contributed by atoms with Crippen LogP contribution in [-0.2, 0) is 13.1 Å². The number of nitrogens with zero attached hydrogens (tertiary/aromatic N) is 8. The van der Waals surface area contributed by atoms with E-state index in [1.807, 2.05) is 65.9 Å². The van der Waals surface area contributed by atoms with Crippen LogP contribution in [0, 0.1) is 11.3 Å². The van der Waals surface area contributed by atoms with E-state index >= 15 is 0 Å². The first-order chi connectivity index (χ1) is 19.6. The van der Waals surface area contributed by atoms with Crippen LogP contribution in [0.1, 0.15) is 24.0 Å². The molecule has 40 heavy (non-hydrogen) atoms. The van der Waals surface area contributed by atoms with Crippen LogP contribution < -0.4 is 5.56 Å². The summed E-state index contributed by atoms with van der Waals surface area (Å²) in [4.78, 5) is 24.3. The van der Waals surface area contributed by atoms with Gasteiger partial charge in [0.15, 0.2) is 5.82 Å². The Hall–Kier alpha value is -4.94. The van der Waals surface area contributed by atoms with Gasteiger partial charge in [0.1, 0.15) is 0 Å². The average molecular weight is 529 g/mol. The van der Waals surface area contributed by atoms with Gasteiger partial charge in [-0.1, -0.05) is 30.3 Å². The Kier molecular flexibility index (Phi) is 7.24. The van der Waals surface area contributed by atoms with Gasteiger partial charge in [-0.05, 0) is 55.8 Å². The number of likely N-dealkylation sites (tertiary alicyclic amines) is 1. The summed E-state index contributed by atoms with van der Waals surface area (Å²) in [5.41, 5.74) is 5.58. The number of hydrogen-bond acceptors (Lipinski definition) is 7. The molecule has 1 aliphatic rings. The van der Waals surface area contributed by atoms with E-state index in [4.69, 9.17) is 5.26 Å². The van der Waals surface area contributed by atoms with Gasteiger partial charge in [-0.15, -0.1) is 0 Å². The molecule has 0 unspecified atom stereocenters. The maximum absolute atomic E-state index is 12.6. The van der Waals surface area contributed by atoms with Gasteiger partial charge >= 0.3 is 0 Å². The summed E-state index contributed by atoms with van der Waals surface area (Å²) in [6, 6.07) is 20.3. The van der Waals surface area contributed by atoms with Crippen molar-refractivity contribution in [2.45, 2.75) is 25.9 Å². The second-order valence-corrected chi connectivity index (χ2v) is 9.94. The molecule has 2 aromatic carbocycles. The standard InChI is InChI=1S/C31H28N8O/c32-17-23-6-8-25(9-7-23)29-10-11-30(40)39(36-29)21-24-4-3-5-26(16-24)31-33-18-27(19-34-31)28-20-35-38(22-28)15-14-37-12-1-2-13-37/h3-11,16,18-20,22H,1-2,12-15,21H2. The molecule has 0 amide bonds. The van der Waals surface area contributed by atoms with E-state index in [0.717, 1.165) is 40.9 Å². The lowest BCUT2D eigenvalue weighted by molar-refractivity contribution is 0.316. The van der Waals surface area contributed by atoms with Crippen molar-refractivity contribution in [3.63, 3.8) is 0 Å². The highest BCUT2D eigenvalue weighted by Gasteiger charge is 2.12. The normalized spacial score (nSPS) is 13.4. The molecular formula is C31H28N8O. The lowest BCUT2D eigenvalue weighted by Crippen LogP contribution is -2.24. The Bertz CT molecular complexity index is 1710. The summed E-state index contributed by atoms with van der Waals surface area (Å²) in [5, 5.41) is 18.1. The molecule has 9 nitrogen and oxygen atoms in total. The molecule has 0 atom stereocenters. The summed E-state index contributed by atoms with van der Waals surface area (Å²) >= 11 is 0. The molecule has 0 saturated carbocycles. The van der Waals surface area contributed by atoms with Gasteiger partial charge in [-0.3, -0.25) is 9.48 Å². The molecule has 0 spiro atoms. The fourth-order valence-electron chi connectivity index (χ4n) is 4.92. The largest absolute Gasteiger partial charge is 0.301 e. The predicted molar refractivity (Wildman–Crippen MR) is 152 cm³/mol. The van der Waals surface area contributed by atoms with Crippen LogP contribution in [0.25, 0.3) is 33.8 Å². The smallest absolute Gasteiger partial charge is 0.267 e.